The van der Waals surface area contributed by atoms with E-state index in [0.29, 0.717) is 28.8 Å². The molecule has 0 bridgehead atoms. The normalized spacial score (nSPS) is 11.5. The maximum atomic E-state index is 13.4. The van der Waals surface area contributed by atoms with E-state index in [1.807, 2.05) is 36.4 Å². The van der Waals surface area contributed by atoms with Crippen LogP contribution in [-0.2, 0) is 16.1 Å². The Hall–Kier alpha value is -4.44. The second kappa shape index (κ2) is 8.93. The predicted molar refractivity (Wildman–Crippen MR) is 116 cm³/mol. The molecular weight excluding hydrogens is 392 g/mol. The van der Waals surface area contributed by atoms with Crippen LogP contribution in [-0.4, -0.2) is 22.1 Å². The first kappa shape index (κ1) is 19.9. The molecule has 0 aliphatic heterocycles. The van der Waals surface area contributed by atoms with Gasteiger partial charge < -0.3 is 5.32 Å². The van der Waals surface area contributed by atoms with Crippen molar-refractivity contribution in [3.05, 3.63) is 90.0 Å². The van der Waals surface area contributed by atoms with Crippen LogP contribution in [0.5, 0.6) is 0 Å². The number of hydrogen-bond acceptors (Lipinski definition) is 5. The molecule has 4 rings (SSSR count). The number of carbonyl (C=O) groups excluding carboxylic acids is 2. The molecule has 1 N–H and O–H groups in total. The monoisotopic (exact) mass is 410 g/mol. The fraction of sp³-hybridized carbons (Fsp3) is 0.0833. The number of amides is 2. The van der Waals surface area contributed by atoms with Crippen molar-refractivity contribution in [3.63, 3.8) is 0 Å². The molecule has 4 aromatic rings. The molecule has 0 saturated carbocycles. The van der Waals surface area contributed by atoms with Crippen LogP contribution >= 0.6 is 0 Å². The largest absolute Gasteiger partial charge is 0.350 e. The lowest BCUT2D eigenvalue weighted by molar-refractivity contribution is -0.125. The Morgan fingerprint density at radius 2 is 1.68 bits per heavy atom. The molecule has 31 heavy (non-hydrogen) atoms. The van der Waals surface area contributed by atoms with Crippen molar-refractivity contribution in [2.45, 2.75) is 12.6 Å². The third kappa shape index (κ3) is 4.14. The van der Waals surface area contributed by atoms with Gasteiger partial charge in [0.2, 0.25) is 5.91 Å². The lowest BCUT2D eigenvalue weighted by Crippen LogP contribution is -2.43. The van der Waals surface area contributed by atoms with E-state index in [1.165, 1.54) is 4.90 Å². The first-order chi connectivity index (χ1) is 15.2. The van der Waals surface area contributed by atoms with Gasteiger partial charge >= 0.3 is 5.91 Å². The summed E-state index contributed by atoms with van der Waals surface area (Å²) < 4.78 is 4.83. The first-order valence-electron chi connectivity index (χ1n) is 9.56. The predicted octanol–water partition coefficient (Wildman–Crippen LogP) is 3.25. The van der Waals surface area contributed by atoms with Gasteiger partial charge in [0.15, 0.2) is 5.52 Å². The topological polar surface area (TPSA) is 88.3 Å². The summed E-state index contributed by atoms with van der Waals surface area (Å²) in [7, 11) is 0. The van der Waals surface area contributed by atoms with E-state index in [2.05, 4.69) is 21.6 Å². The molecule has 1 heterocycles. The van der Waals surface area contributed by atoms with Crippen LogP contribution in [0.2, 0.25) is 0 Å². The van der Waals surface area contributed by atoms with Gasteiger partial charge in [-0.15, -0.1) is 6.42 Å². The van der Waals surface area contributed by atoms with E-state index in [9.17, 15) is 9.59 Å². The average molecular weight is 410 g/mol. The van der Waals surface area contributed by atoms with Crippen LogP contribution in [0.3, 0.4) is 0 Å². The molecule has 7 nitrogen and oxygen atoms in total. The van der Waals surface area contributed by atoms with Crippen LogP contribution < -0.4 is 10.2 Å². The van der Waals surface area contributed by atoms with E-state index in [0.717, 1.165) is 5.56 Å². The quantitative estimate of drug-likeness (QED) is 0.493. The summed E-state index contributed by atoms with van der Waals surface area (Å²) in [5.74, 6) is 1.06. The Morgan fingerprint density at radius 3 is 2.39 bits per heavy atom. The Balaban J connectivity index is 1.78. The highest BCUT2D eigenvalue weighted by molar-refractivity contribution is 6.12. The maximum Gasteiger partial charge on any atom is 0.303 e. The zero-order chi connectivity index (χ0) is 21.6. The second-order valence-electron chi connectivity index (χ2n) is 6.75. The highest BCUT2D eigenvalue weighted by Crippen LogP contribution is 2.32. The van der Waals surface area contributed by atoms with Crippen molar-refractivity contribution >= 4 is 28.5 Å². The number of benzene rings is 3. The number of carbonyl (C=O) groups is 2. The summed E-state index contributed by atoms with van der Waals surface area (Å²) in [5, 5.41) is 10.6. The van der Waals surface area contributed by atoms with Gasteiger partial charge in [-0.05, 0) is 39.5 Å². The van der Waals surface area contributed by atoms with E-state index >= 15 is 0 Å². The van der Waals surface area contributed by atoms with Gasteiger partial charge in [0.25, 0.3) is 0 Å². The van der Waals surface area contributed by atoms with Gasteiger partial charge in [-0.25, -0.2) is 4.63 Å². The number of aromatic nitrogens is 2. The molecule has 0 fully saturated rings. The van der Waals surface area contributed by atoms with E-state index in [-0.39, 0.29) is 5.91 Å². The van der Waals surface area contributed by atoms with E-state index in [1.54, 1.807) is 42.5 Å². The Morgan fingerprint density at radius 1 is 0.968 bits per heavy atom. The van der Waals surface area contributed by atoms with Gasteiger partial charge in [0.05, 0.1) is 5.69 Å². The lowest BCUT2D eigenvalue weighted by Gasteiger charge is -2.29. The zero-order valence-electron chi connectivity index (χ0n) is 16.4. The molecule has 0 saturated heterocycles. The molecule has 0 spiro atoms. The number of terminal acetylenes is 1. The summed E-state index contributed by atoms with van der Waals surface area (Å²) in [6.07, 6.45) is 5.48. The van der Waals surface area contributed by atoms with Crippen molar-refractivity contribution in [2.75, 3.05) is 4.90 Å². The number of anilines is 1. The molecule has 0 aliphatic carbocycles. The molecule has 0 radical (unpaired) electrons. The third-order valence-electron chi connectivity index (χ3n) is 4.80. The minimum absolute atomic E-state index is 0.302. The van der Waals surface area contributed by atoms with Crippen LogP contribution in [0.1, 0.15) is 17.2 Å². The first-order valence-corrected chi connectivity index (χ1v) is 9.56. The van der Waals surface area contributed by atoms with E-state index < -0.39 is 11.9 Å². The standard InChI is InChI=1S/C24H18N4O3/c1-2-21(29)28(20-15-9-14-19-22(20)27-31-26-19)23(18-12-7-4-8-13-18)24(30)25-16-17-10-5-3-6-11-17/h1,3-15,23H,16H2,(H,25,30). The molecule has 0 aliphatic rings. The number of nitrogens with zero attached hydrogens (tertiary/aromatic N) is 3. The summed E-state index contributed by atoms with van der Waals surface area (Å²) in [4.78, 5) is 27.5. The van der Waals surface area contributed by atoms with Crippen molar-refractivity contribution < 1.29 is 14.2 Å². The second-order valence-corrected chi connectivity index (χ2v) is 6.75. The smallest absolute Gasteiger partial charge is 0.303 e. The Bertz CT molecular complexity index is 1250. The van der Waals surface area contributed by atoms with Crippen molar-refractivity contribution in [1.82, 2.24) is 15.6 Å². The van der Waals surface area contributed by atoms with Gasteiger partial charge in [-0.1, -0.05) is 66.7 Å². The van der Waals surface area contributed by atoms with Crippen LogP contribution in [0.25, 0.3) is 11.0 Å². The zero-order valence-corrected chi connectivity index (χ0v) is 16.4. The summed E-state index contributed by atoms with van der Waals surface area (Å²) in [6, 6.07) is 22.5. The summed E-state index contributed by atoms with van der Waals surface area (Å²) >= 11 is 0. The fourth-order valence-electron chi connectivity index (χ4n) is 3.36. The van der Waals surface area contributed by atoms with Crippen molar-refractivity contribution in [1.29, 1.82) is 0 Å². The minimum Gasteiger partial charge on any atom is -0.350 e. The summed E-state index contributed by atoms with van der Waals surface area (Å²) in [6.45, 7) is 0.302. The molecule has 3 aromatic carbocycles. The van der Waals surface area contributed by atoms with Gasteiger partial charge in [0.1, 0.15) is 11.6 Å². The molecule has 1 unspecified atom stereocenters. The Labute approximate surface area is 178 Å². The molecule has 1 aromatic heterocycles. The highest BCUT2D eigenvalue weighted by Gasteiger charge is 2.33. The number of fused-ring (bicyclic) bond motifs is 1. The third-order valence-corrected chi connectivity index (χ3v) is 4.80. The molecule has 152 valence electrons. The van der Waals surface area contributed by atoms with Gasteiger partial charge in [-0.3, -0.25) is 14.5 Å². The molecule has 2 amide bonds. The Kier molecular flexibility index (Phi) is 5.72. The number of nitrogens with one attached hydrogen (secondary N) is 1. The molecule has 7 heteroatoms. The van der Waals surface area contributed by atoms with Crippen molar-refractivity contribution in [2.24, 2.45) is 0 Å². The minimum atomic E-state index is -1.02. The maximum absolute atomic E-state index is 13.4. The molecule has 1 atom stereocenters. The molecular formula is C24H18N4O3. The van der Waals surface area contributed by atoms with Gasteiger partial charge in [0, 0.05) is 6.54 Å². The number of rotatable bonds is 6. The van der Waals surface area contributed by atoms with Crippen LogP contribution in [0.15, 0.2) is 83.5 Å². The SMILES string of the molecule is C#CC(=O)N(c1cccc2nonc12)C(C(=O)NCc1ccccc1)c1ccccc1. The van der Waals surface area contributed by atoms with Gasteiger partial charge in [-0.2, -0.15) is 0 Å². The van der Waals surface area contributed by atoms with E-state index in [4.69, 9.17) is 11.1 Å². The highest BCUT2D eigenvalue weighted by atomic mass is 16.6. The number of hydrogen-bond donors (Lipinski definition) is 1. The lowest BCUT2D eigenvalue weighted by atomic mass is 10.0. The summed E-state index contributed by atoms with van der Waals surface area (Å²) in [5.41, 5.74) is 2.66. The average Bonchev–Trinajstić information content (AvgIpc) is 3.31. The van der Waals surface area contributed by atoms with Crippen LogP contribution in [0.4, 0.5) is 5.69 Å². The van der Waals surface area contributed by atoms with Crippen LogP contribution in [0, 0.1) is 12.3 Å². The fourth-order valence-corrected chi connectivity index (χ4v) is 3.36. The van der Waals surface area contributed by atoms with Crippen molar-refractivity contribution in [3.8, 4) is 12.3 Å².